The van der Waals surface area contributed by atoms with E-state index in [1.807, 2.05) is 12.1 Å². The molecule has 2 aromatic rings. The second-order valence-corrected chi connectivity index (χ2v) is 11.4. The molecule has 2 aliphatic rings. The van der Waals surface area contributed by atoms with Crippen molar-refractivity contribution in [2.45, 2.75) is 42.4 Å². The van der Waals surface area contributed by atoms with E-state index in [0.717, 1.165) is 43.0 Å². The van der Waals surface area contributed by atoms with Gasteiger partial charge in [-0.3, -0.25) is 14.5 Å². The zero-order valence-corrected chi connectivity index (χ0v) is 21.0. The van der Waals surface area contributed by atoms with Crippen molar-refractivity contribution in [2.24, 2.45) is 0 Å². The molecule has 0 bridgehead atoms. The summed E-state index contributed by atoms with van der Waals surface area (Å²) in [5.41, 5.74) is 1.13. The largest absolute Gasteiger partial charge is 0.416 e. The number of sulfone groups is 1. The predicted octanol–water partition coefficient (Wildman–Crippen LogP) is 3.28. The number of carbonyl (C=O) groups is 2. The first-order chi connectivity index (χ1) is 17.4. The van der Waals surface area contributed by atoms with E-state index < -0.39 is 33.4 Å². The van der Waals surface area contributed by atoms with Gasteiger partial charge in [0.05, 0.1) is 23.0 Å². The minimum Gasteiger partial charge on any atom is -0.349 e. The molecule has 0 aromatic heterocycles. The van der Waals surface area contributed by atoms with Crippen LogP contribution in [0.5, 0.6) is 0 Å². The van der Waals surface area contributed by atoms with E-state index >= 15 is 0 Å². The van der Waals surface area contributed by atoms with Crippen molar-refractivity contribution in [1.29, 1.82) is 0 Å². The maximum atomic E-state index is 12.8. The third-order valence-corrected chi connectivity index (χ3v) is 7.82. The monoisotopic (exact) mass is 535 g/mol. The van der Waals surface area contributed by atoms with Crippen molar-refractivity contribution in [3.05, 3.63) is 71.3 Å². The number of hydrogen-bond acceptors (Lipinski definition) is 5. The van der Waals surface area contributed by atoms with Gasteiger partial charge in [-0.05, 0) is 60.7 Å². The first-order valence-electron chi connectivity index (χ1n) is 11.9. The average Bonchev–Trinajstić information content (AvgIpc) is 2.84. The summed E-state index contributed by atoms with van der Waals surface area (Å²) in [5.74, 6) is -1.14. The van der Waals surface area contributed by atoms with Crippen LogP contribution in [-0.2, 0) is 20.8 Å². The number of alkyl halides is 3. The molecule has 1 aliphatic carbocycles. The summed E-state index contributed by atoms with van der Waals surface area (Å²) in [6.07, 6.45) is 1.50. The smallest absolute Gasteiger partial charge is 0.349 e. The Morgan fingerprint density at radius 3 is 2.38 bits per heavy atom. The lowest BCUT2D eigenvalue weighted by Crippen LogP contribution is -2.63. The number of benzene rings is 2. The maximum Gasteiger partial charge on any atom is 0.416 e. The Balaban J connectivity index is 1.19. The minimum absolute atomic E-state index is 0.0492. The highest BCUT2D eigenvalue weighted by molar-refractivity contribution is 7.90. The normalized spacial score (nSPS) is 19.0. The first-order valence-corrected chi connectivity index (χ1v) is 13.8. The fourth-order valence-corrected chi connectivity index (χ4v) is 5.24. The van der Waals surface area contributed by atoms with Gasteiger partial charge in [-0.2, -0.15) is 13.2 Å². The number of allylic oxidation sites excluding steroid dienone is 1. The van der Waals surface area contributed by atoms with Crippen LogP contribution in [0.15, 0.2) is 59.5 Å². The van der Waals surface area contributed by atoms with Gasteiger partial charge in [0.15, 0.2) is 9.84 Å². The molecule has 11 heteroatoms. The Bertz CT molecular complexity index is 1300. The zero-order valence-electron chi connectivity index (χ0n) is 20.2. The molecule has 4 rings (SSSR count). The zero-order chi connectivity index (χ0) is 26.8. The molecular formula is C26H28F3N3O4S. The van der Waals surface area contributed by atoms with Gasteiger partial charge in [0.25, 0.3) is 5.91 Å². The van der Waals surface area contributed by atoms with Gasteiger partial charge in [0.1, 0.15) is 0 Å². The Morgan fingerprint density at radius 2 is 1.78 bits per heavy atom. The summed E-state index contributed by atoms with van der Waals surface area (Å²) in [6.45, 7) is 1.05. The molecular weight excluding hydrogens is 507 g/mol. The van der Waals surface area contributed by atoms with Gasteiger partial charge in [0.2, 0.25) is 5.91 Å². The molecule has 1 atom stereocenters. The van der Waals surface area contributed by atoms with Crippen LogP contribution in [0.1, 0.15) is 40.7 Å². The molecule has 0 spiro atoms. The fraction of sp³-hybridized carbons (Fsp3) is 0.385. The molecule has 198 valence electrons. The highest BCUT2D eigenvalue weighted by Gasteiger charge is 2.34. The fourth-order valence-electron chi connectivity index (χ4n) is 4.61. The molecule has 1 fully saturated rings. The summed E-state index contributed by atoms with van der Waals surface area (Å²) in [6, 6.07) is 11.3. The second-order valence-electron chi connectivity index (χ2n) is 9.43. The van der Waals surface area contributed by atoms with Crippen molar-refractivity contribution in [1.82, 2.24) is 15.5 Å². The van der Waals surface area contributed by atoms with Crippen LogP contribution >= 0.6 is 0 Å². The van der Waals surface area contributed by atoms with Gasteiger partial charge in [-0.1, -0.05) is 24.3 Å². The summed E-state index contributed by atoms with van der Waals surface area (Å²) < 4.78 is 61.8. The molecule has 2 aromatic carbocycles. The molecule has 0 radical (unpaired) electrons. The number of nitrogens with one attached hydrogen (secondary N) is 2. The standard InChI is InChI=1S/C26H28F3N3O4S/c1-37(35,36)23-11-7-18(8-12-23)17-5-9-22(10-6-17)32-15-21(16-32)31-24(33)14-30-25(34)19-3-2-4-20(13-19)26(27,28)29/h2-5,7-8,11-13,21-22H,6,9-10,14-16H2,1H3,(H,30,34)(H,31,33). The quantitative estimate of drug-likeness (QED) is 0.568. The Morgan fingerprint density at radius 1 is 1.08 bits per heavy atom. The van der Waals surface area contributed by atoms with Crippen molar-refractivity contribution in [3.8, 4) is 0 Å². The minimum atomic E-state index is -4.55. The van der Waals surface area contributed by atoms with Gasteiger partial charge in [-0.15, -0.1) is 0 Å². The van der Waals surface area contributed by atoms with Crippen LogP contribution in [0.2, 0.25) is 0 Å². The second kappa shape index (κ2) is 10.7. The van der Waals surface area contributed by atoms with Crippen LogP contribution in [0.25, 0.3) is 5.57 Å². The lowest BCUT2D eigenvalue weighted by molar-refractivity contribution is -0.137. The van der Waals surface area contributed by atoms with Crippen LogP contribution in [0.4, 0.5) is 13.2 Å². The Hall–Kier alpha value is -3.18. The SMILES string of the molecule is CS(=O)(=O)c1ccc(C2=CCC(N3CC(NC(=O)CNC(=O)c4cccc(C(F)(F)F)c4)C3)CC2)cc1. The van der Waals surface area contributed by atoms with Gasteiger partial charge < -0.3 is 10.6 Å². The number of carbonyl (C=O) groups excluding carboxylic acids is 2. The van der Waals surface area contributed by atoms with Gasteiger partial charge in [0, 0.05) is 31.0 Å². The van der Waals surface area contributed by atoms with Crippen molar-refractivity contribution in [2.75, 3.05) is 25.9 Å². The highest BCUT2D eigenvalue weighted by Crippen LogP contribution is 2.32. The molecule has 7 nitrogen and oxygen atoms in total. The summed E-state index contributed by atoms with van der Waals surface area (Å²) in [7, 11) is -3.22. The summed E-state index contributed by atoms with van der Waals surface area (Å²) >= 11 is 0. The number of nitrogens with zero attached hydrogens (tertiary/aromatic N) is 1. The lowest BCUT2D eigenvalue weighted by atomic mass is 9.88. The van der Waals surface area contributed by atoms with E-state index in [-0.39, 0.29) is 18.2 Å². The third-order valence-electron chi connectivity index (χ3n) is 6.69. The molecule has 2 N–H and O–H groups in total. The molecule has 2 amide bonds. The molecule has 37 heavy (non-hydrogen) atoms. The van der Waals surface area contributed by atoms with Gasteiger partial charge in [-0.25, -0.2) is 8.42 Å². The molecule has 1 unspecified atom stereocenters. The highest BCUT2D eigenvalue weighted by atomic mass is 32.2. The van der Waals surface area contributed by atoms with E-state index in [4.69, 9.17) is 0 Å². The van der Waals surface area contributed by atoms with Gasteiger partial charge >= 0.3 is 6.18 Å². The number of likely N-dealkylation sites (tertiary alicyclic amines) is 1. The van der Waals surface area contributed by atoms with Crippen LogP contribution < -0.4 is 10.6 Å². The van der Waals surface area contributed by atoms with E-state index in [1.54, 1.807) is 12.1 Å². The Kier molecular flexibility index (Phi) is 7.75. The predicted molar refractivity (Wildman–Crippen MR) is 132 cm³/mol. The maximum absolute atomic E-state index is 12.8. The summed E-state index contributed by atoms with van der Waals surface area (Å²) in [4.78, 5) is 26.9. The number of halogens is 3. The van der Waals surface area contributed by atoms with E-state index in [1.165, 1.54) is 17.9 Å². The van der Waals surface area contributed by atoms with E-state index in [2.05, 4.69) is 21.6 Å². The van der Waals surface area contributed by atoms with Crippen molar-refractivity contribution in [3.63, 3.8) is 0 Å². The number of rotatable bonds is 7. The molecule has 1 aliphatic heterocycles. The third kappa shape index (κ3) is 6.78. The Labute approximate surface area is 213 Å². The summed E-state index contributed by atoms with van der Waals surface area (Å²) in [5, 5.41) is 5.20. The van der Waals surface area contributed by atoms with Crippen molar-refractivity contribution >= 4 is 27.2 Å². The van der Waals surface area contributed by atoms with E-state index in [9.17, 15) is 31.2 Å². The molecule has 1 saturated heterocycles. The topological polar surface area (TPSA) is 95.6 Å². The number of hydrogen-bond donors (Lipinski definition) is 2. The number of amides is 2. The molecule has 1 heterocycles. The first kappa shape index (κ1) is 26.9. The average molecular weight is 536 g/mol. The van der Waals surface area contributed by atoms with E-state index in [0.29, 0.717) is 24.0 Å². The van der Waals surface area contributed by atoms with Crippen LogP contribution in [0.3, 0.4) is 0 Å². The van der Waals surface area contributed by atoms with Crippen LogP contribution in [0, 0.1) is 0 Å². The molecule has 0 saturated carbocycles. The lowest BCUT2D eigenvalue weighted by Gasteiger charge is -2.45. The van der Waals surface area contributed by atoms with Crippen LogP contribution in [-0.4, -0.2) is 63.1 Å². The van der Waals surface area contributed by atoms with Crippen molar-refractivity contribution < 1.29 is 31.2 Å².